The third-order valence-corrected chi connectivity index (χ3v) is 3.50. The SMILES string of the molecule is O=C(NCCCOCc1ccccc1)[C@H]1CCCCN1. The summed E-state index contributed by atoms with van der Waals surface area (Å²) in [6.45, 7) is 2.95. The number of hydrogen-bond donors (Lipinski definition) is 2. The summed E-state index contributed by atoms with van der Waals surface area (Å²) < 4.78 is 5.58. The molecule has 20 heavy (non-hydrogen) atoms. The first-order chi connectivity index (χ1) is 9.86. The zero-order valence-electron chi connectivity index (χ0n) is 11.9. The Morgan fingerprint density at radius 1 is 1.30 bits per heavy atom. The van der Waals surface area contributed by atoms with E-state index >= 15 is 0 Å². The maximum absolute atomic E-state index is 11.8. The lowest BCUT2D eigenvalue weighted by atomic mass is 10.0. The Balaban J connectivity index is 1.50. The van der Waals surface area contributed by atoms with E-state index in [1.54, 1.807) is 0 Å². The van der Waals surface area contributed by atoms with Crippen LogP contribution in [0, 0.1) is 0 Å². The van der Waals surface area contributed by atoms with Gasteiger partial charge in [0.1, 0.15) is 0 Å². The highest BCUT2D eigenvalue weighted by molar-refractivity contribution is 5.81. The zero-order valence-corrected chi connectivity index (χ0v) is 11.9. The van der Waals surface area contributed by atoms with Crippen LogP contribution in [-0.2, 0) is 16.1 Å². The molecule has 0 saturated carbocycles. The maximum Gasteiger partial charge on any atom is 0.237 e. The molecule has 1 amide bonds. The molecule has 1 fully saturated rings. The molecule has 0 aliphatic carbocycles. The quantitative estimate of drug-likeness (QED) is 0.747. The molecule has 0 aromatic heterocycles. The number of hydrogen-bond acceptors (Lipinski definition) is 3. The summed E-state index contributed by atoms with van der Waals surface area (Å²) >= 11 is 0. The molecular formula is C16H24N2O2. The van der Waals surface area contributed by atoms with E-state index < -0.39 is 0 Å². The van der Waals surface area contributed by atoms with E-state index in [2.05, 4.69) is 22.8 Å². The van der Waals surface area contributed by atoms with Crippen LogP contribution >= 0.6 is 0 Å². The standard InChI is InChI=1S/C16H24N2O2/c19-16(15-9-4-5-10-17-15)18-11-6-12-20-13-14-7-2-1-3-8-14/h1-3,7-8,15,17H,4-6,9-13H2,(H,18,19)/t15-/m1/s1. The second kappa shape index (κ2) is 8.72. The third kappa shape index (κ3) is 5.31. The average molecular weight is 276 g/mol. The highest BCUT2D eigenvalue weighted by Crippen LogP contribution is 2.06. The molecule has 0 unspecified atom stereocenters. The van der Waals surface area contributed by atoms with E-state index in [0.29, 0.717) is 19.8 Å². The van der Waals surface area contributed by atoms with Gasteiger partial charge in [0.15, 0.2) is 0 Å². The van der Waals surface area contributed by atoms with Gasteiger partial charge in [0.2, 0.25) is 5.91 Å². The Hall–Kier alpha value is -1.39. The van der Waals surface area contributed by atoms with Crippen molar-refractivity contribution in [2.24, 2.45) is 0 Å². The van der Waals surface area contributed by atoms with Gasteiger partial charge in [-0.25, -0.2) is 0 Å². The molecule has 2 N–H and O–H groups in total. The second-order valence-electron chi connectivity index (χ2n) is 5.19. The summed E-state index contributed by atoms with van der Waals surface area (Å²) in [6.07, 6.45) is 4.13. The Morgan fingerprint density at radius 2 is 2.15 bits per heavy atom. The predicted octanol–water partition coefficient (Wildman–Crippen LogP) is 1.85. The fourth-order valence-electron chi connectivity index (χ4n) is 2.35. The van der Waals surface area contributed by atoms with Crippen molar-refractivity contribution in [1.29, 1.82) is 0 Å². The van der Waals surface area contributed by atoms with Crippen molar-refractivity contribution >= 4 is 5.91 Å². The minimum absolute atomic E-state index is 0.00832. The molecule has 1 aromatic rings. The highest BCUT2D eigenvalue weighted by atomic mass is 16.5. The van der Waals surface area contributed by atoms with Crippen LogP contribution in [0.2, 0.25) is 0 Å². The van der Waals surface area contributed by atoms with Crippen molar-refractivity contribution in [3.05, 3.63) is 35.9 Å². The van der Waals surface area contributed by atoms with Crippen LogP contribution in [0.5, 0.6) is 0 Å². The van der Waals surface area contributed by atoms with Crippen LogP contribution < -0.4 is 10.6 Å². The van der Waals surface area contributed by atoms with Crippen LogP contribution in [0.4, 0.5) is 0 Å². The molecule has 1 heterocycles. The first-order valence-corrected chi connectivity index (χ1v) is 7.49. The minimum Gasteiger partial charge on any atom is -0.377 e. The largest absolute Gasteiger partial charge is 0.377 e. The van der Waals surface area contributed by atoms with Gasteiger partial charge in [-0.15, -0.1) is 0 Å². The molecule has 2 rings (SSSR count). The van der Waals surface area contributed by atoms with Crippen molar-refractivity contribution < 1.29 is 9.53 Å². The summed E-state index contributed by atoms with van der Waals surface area (Å²) in [5, 5.41) is 6.22. The van der Waals surface area contributed by atoms with E-state index in [4.69, 9.17) is 4.74 Å². The molecule has 1 aliphatic rings. The summed E-state index contributed by atoms with van der Waals surface area (Å²) in [5.74, 6) is 0.132. The van der Waals surface area contributed by atoms with Crippen molar-refractivity contribution in [3.8, 4) is 0 Å². The van der Waals surface area contributed by atoms with Crippen LogP contribution in [0.1, 0.15) is 31.2 Å². The smallest absolute Gasteiger partial charge is 0.237 e. The third-order valence-electron chi connectivity index (χ3n) is 3.50. The lowest BCUT2D eigenvalue weighted by Gasteiger charge is -2.22. The van der Waals surface area contributed by atoms with Gasteiger partial charge in [0, 0.05) is 13.2 Å². The van der Waals surface area contributed by atoms with Crippen LogP contribution in [0.25, 0.3) is 0 Å². The Bertz CT molecular complexity index is 389. The maximum atomic E-state index is 11.8. The summed E-state index contributed by atoms with van der Waals surface area (Å²) in [5.41, 5.74) is 1.18. The molecular weight excluding hydrogens is 252 g/mol. The molecule has 110 valence electrons. The fourth-order valence-corrected chi connectivity index (χ4v) is 2.35. The number of ether oxygens (including phenoxy) is 1. The molecule has 4 heteroatoms. The van der Waals surface area contributed by atoms with Crippen LogP contribution in [0.15, 0.2) is 30.3 Å². The number of carbonyl (C=O) groups excluding carboxylic acids is 1. The lowest BCUT2D eigenvalue weighted by Crippen LogP contribution is -2.46. The minimum atomic E-state index is 0.00832. The number of carbonyl (C=O) groups is 1. The number of piperidine rings is 1. The van der Waals surface area contributed by atoms with Gasteiger partial charge in [0.25, 0.3) is 0 Å². The molecule has 1 saturated heterocycles. The Morgan fingerprint density at radius 3 is 2.90 bits per heavy atom. The number of rotatable bonds is 7. The first kappa shape index (κ1) is 15.0. The van der Waals surface area contributed by atoms with E-state index in [-0.39, 0.29) is 11.9 Å². The molecule has 1 aromatic carbocycles. The average Bonchev–Trinajstić information content (AvgIpc) is 2.52. The van der Waals surface area contributed by atoms with E-state index in [1.165, 1.54) is 12.0 Å². The first-order valence-electron chi connectivity index (χ1n) is 7.49. The van der Waals surface area contributed by atoms with Gasteiger partial charge in [-0.1, -0.05) is 36.8 Å². The van der Waals surface area contributed by atoms with Gasteiger partial charge in [0.05, 0.1) is 12.6 Å². The van der Waals surface area contributed by atoms with Crippen LogP contribution in [0.3, 0.4) is 0 Å². The van der Waals surface area contributed by atoms with Crippen molar-refractivity contribution in [2.75, 3.05) is 19.7 Å². The van der Waals surface area contributed by atoms with E-state index in [9.17, 15) is 4.79 Å². The molecule has 1 atom stereocenters. The fraction of sp³-hybridized carbons (Fsp3) is 0.562. The topological polar surface area (TPSA) is 50.4 Å². The van der Waals surface area contributed by atoms with Gasteiger partial charge in [-0.2, -0.15) is 0 Å². The lowest BCUT2D eigenvalue weighted by molar-refractivity contribution is -0.123. The Kier molecular flexibility index (Phi) is 6.54. The van der Waals surface area contributed by atoms with Crippen LogP contribution in [-0.4, -0.2) is 31.6 Å². The van der Waals surface area contributed by atoms with Crippen molar-refractivity contribution in [3.63, 3.8) is 0 Å². The predicted molar refractivity (Wildman–Crippen MR) is 79.4 cm³/mol. The zero-order chi connectivity index (χ0) is 14.0. The summed E-state index contributed by atoms with van der Waals surface area (Å²) in [6, 6.07) is 10.1. The second-order valence-corrected chi connectivity index (χ2v) is 5.19. The van der Waals surface area contributed by atoms with Gasteiger partial charge in [-0.05, 0) is 31.4 Å². The summed E-state index contributed by atoms with van der Waals surface area (Å²) in [4.78, 5) is 11.8. The molecule has 1 aliphatic heterocycles. The Labute approximate surface area is 120 Å². The van der Waals surface area contributed by atoms with Crippen molar-refractivity contribution in [2.45, 2.75) is 38.3 Å². The molecule has 4 nitrogen and oxygen atoms in total. The van der Waals surface area contributed by atoms with E-state index in [1.807, 2.05) is 18.2 Å². The number of benzene rings is 1. The van der Waals surface area contributed by atoms with Crippen molar-refractivity contribution in [1.82, 2.24) is 10.6 Å². The highest BCUT2D eigenvalue weighted by Gasteiger charge is 2.19. The number of amides is 1. The normalized spacial score (nSPS) is 18.7. The van der Waals surface area contributed by atoms with Gasteiger partial charge < -0.3 is 15.4 Å². The number of nitrogens with one attached hydrogen (secondary N) is 2. The molecule has 0 spiro atoms. The molecule has 0 bridgehead atoms. The monoisotopic (exact) mass is 276 g/mol. The van der Waals surface area contributed by atoms with E-state index in [0.717, 1.165) is 25.8 Å². The molecule has 0 radical (unpaired) electrons. The summed E-state index contributed by atoms with van der Waals surface area (Å²) in [7, 11) is 0. The van der Waals surface area contributed by atoms with Gasteiger partial charge in [-0.3, -0.25) is 4.79 Å². The van der Waals surface area contributed by atoms with Gasteiger partial charge >= 0.3 is 0 Å².